The maximum atomic E-state index is 5.57. The molecule has 5 heteroatoms. The van der Waals surface area contributed by atoms with Gasteiger partial charge in [0.05, 0.1) is 13.7 Å². The lowest BCUT2D eigenvalue weighted by atomic mass is 10.3. The fourth-order valence-corrected chi connectivity index (χ4v) is 1.95. The van der Waals surface area contributed by atoms with E-state index in [2.05, 4.69) is 10.6 Å². The predicted octanol–water partition coefficient (Wildman–Crippen LogP) is 3.06. The Morgan fingerprint density at radius 3 is 2.57 bits per heavy atom. The third-order valence-corrected chi connectivity index (χ3v) is 2.97. The van der Waals surface area contributed by atoms with E-state index in [0.717, 1.165) is 17.2 Å². The van der Waals surface area contributed by atoms with Gasteiger partial charge in [0.15, 0.2) is 5.11 Å². The zero-order valence-corrected chi connectivity index (χ0v) is 12.7. The van der Waals surface area contributed by atoms with Gasteiger partial charge >= 0.3 is 0 Å². The second-order valence-electron chi connectivity index (χ2n) is 4.27. The van der Waals surface area contributed by atoms with Crippen LogP contribution in [0, 0.1) is 0 Å². The third kappa shape index (κ3) is 5.31. The first-order chi connectivity index (χ1) is 10.3. The van der Waals surface area contributed by atoms with Crippen LogP contribution < -0.4 is 20.1 Å². The molecule has 21 heavy (non-hydrogen) atoms. The average Bonchev–Trinajstić information content (AvgIpc) is 2.53. The van der Waals surface area contributed by atoms with Gasteiger partial charge in [0, 0.05) is 11.8 Å². The van der Waals surface area contributed by atoms with Crippen LogP contribution in [0.25, 0.3) is 0 Å². The van der Waals surface area contributed by atoms with Gasteiger partial charge in [0.2, 0.25) is 0 Å². The number of para-hydroxylation sites is 1. The summed E-state index contributed by atoms with van der Waals surface area (Å²) in [6.07, 6.45) is 0. The first-order valence-electron chi connectivity index (χ1n) is 6.64. The summed E-state index contributed by atoms with van der Waals surface area (Å²) in [5, 5.41) is 6.75. The van der Waals surface area contributed by atoms with Crippen LogP contribution in [0.1, 0.15) is 0 Å². The number of nitrogens with one attached hydrogen (secondary N) is 2. The van der Waals surface area contributed by atoms with Gasteiger partial charge in [-0.3, -0.25) is 0 Å². The number of hydrogen-bond acceptors (Lipinski definition) is 3. The molecule has 0 aliphatic heterocycles. The Balaban J connectivity index is 1.70. The quantitative estimate of drug-likeness (QED) is 0.634. The largest absolute Gasteiger partial charge is 0.497 e. The summed E-state index contributed by atoms with van der Waals surface area (Å²) in [7, 11) is 1.64. The minimum absolute atomic E-state index is 0.546. The monoisotopic (exact) mass is 302 g/mol. The van der Waals surface area contributed by atoms with E-state index in [1.54, 1.807) is 7.11 Å². The van der Waals surface area contributed by atoms with Crippen LogP contribution in [0.15, 0.2) is 54.6 Å². The molecule has 0 unspecified atom stereocenters. The van der Waals surface area contributed by atoms with E-state index in [1.165, 1.54) is 0 Å². The van der Waals surface area contributed by atoms with E-state index in [-0.39, 0.29) is 0 Å². The Hall–Kier alpha value is -2.27. The molecule has 0 aliphatic rings. The van der Waals surface area contributed by atoms with Crippen molar-refractivity contribution in [1.29, 1.82) is 0 Å². The SMILES string of the molecule is COc1cccc(NC(=S)NCCOc2ccccc2)c1. The summed E-state index contributed by atoms with van der Waals surface area (Å²) in [6, 6.07) is 17.3. The Kier molecular flexibility index (Phi) is 5.84. The van der Waals surface area contributed by atoms with Crippen LogP contribution in [-0.2, 0) is 0 Å². The van der Waals surface area contributed by atoms with Crippen LogP contribution in [0.4, 0.5) is 5.69 Å². The highest BCUT2D eigenvalue weighted by Crippen LogP contribution is 2.16. The van der Waals surface area contributed by atoms with Gasteiger partial charge in [-0.1, -0.05) is 24.3 Å². The molecule has 0 fully saturated rings. The number of hydrogen-bond donors (Lipinski definition) is 2. The maximum absolute atomic E-state index is 5.57. The van der Waals surface area contributed by atoms with Crippen LogP contribution in [0.2, 0.25) is 0 Å². The minimum Gasteiger partial charge on any atom is -0.497 e. The average molecular weight is 302 g/mol. The number of anilines is 1. The second-order valence-corrected chi connectivity index (χ2v) is 4.68. The summed E-state index contributed by atoms with van der Waals surface area (Å²) in [5.74, 6) is 1.64. The van der Waals surface area contributed by atoms with E-state index in [9.17, 15) is 0 Å². The van der Waals surface area contributed by atoms with Gasteiger partial charge in [0.25, 0.3) is 0 Å². The summed E-state index contributed by atoms with van der Waals surface area (Å²) < 4.78 is 10.7. The molecule has 0 amide bonds. The molecule has 0 aromatic heterocycles. The molecule has 0 radical (unpaired) electrons. The summed E-state index contributed by atoms with van der Waals surface area (Å²) in [5.41, 5.74) is 0.885. The van der Waals surface area contributed by atoms with Gasteiger partial charge in [-0.25, -0.2) is 0 Å². The molecule has 0 heterocycles. The van der Waals surface area contributed by atoms with Crippen LogP contribution in [0.3, 0.4) is 0 Å². The maximum Gasteiger partial charge on any atom is 0.170 e. The molecular weight excluding hydrogens is 284 g/mol. The lowest BCUT2D eigenvalue weighted by molar-refractivity contribution is 0.323. The predicted molar refractivity (Wildman–Crippen MR) is 89.2 cm³/mol. The molecule has 0 bridgehead atoms. The topological polar surface area (TPSA) is 42.5 Å². The van der Waals surface area contributed by atoms with Crippen molar-refractivity contribution in [1.82, 2.24) is 5.32 Å². The Bertz CT molecular complexity index is 575. The molecule has 2 N–H and O–H groups in total. The number of rotatable bonds is 6. The van der Waals surface area contributed by atoms with Crippen molar-refractivity contribution in [3.63, 3.8) is 0 Å². The summed E-state index contributed by atoms with van der Waals surface area (Å²) >= 11 is 5.23. The molecule has 4 nitrogen and oxygen atoms in total. The highest BCUT2D eigenvalue weighted by molar-refractivity contribution is 7.80. The molecule has 2 aromatic rings. The first-order valence-corrected chi connectivity index (χ1v) is 7.05. The molecular formula is C16H18N2O2S. The zero-order valence-electron chi connectivity index (χ0n) is 11.8. The van der Waals surface area contributed by atoms with Crippen molar-refractivity contribution in [2.45, 2.75) is 0 Å². The molecule has 110 valence electrons. The first kappa shape index (κ1) is 15.1. The minimum atomic E-state index is 0.546. The molecule has 0 aliphatic carbocycles. The van der Waals surface area contributed by atoms with E-state index in [4.69, 9.17) is 21.7 Å². The Morgan fingerprint density at radius 1 is 1.05 bits per heavy atom. The van der Waals surface area contributed by atoms with Gasteiger partial charge in [0.1, 0.15) is 18.1 Å². The highest BCUT2D eigenvalue weighted by Gasteiger charge is 1.99. The van der Waals surface area contributed by atoms with Gasteiger partial charge in [-0.05, 0) is 36.5 Å². The smallest absolute Gasteiger partial charge is 0.170 e. The normalized spacial score (nSPS) is 9.76. The molecule has 0 saturated carbocycles. The second kappa shape index (κ2) is 8.11. The lowest BCUT2D eigenvalue weighted by Gasteiger charge is -2.12. The lowest BCUT2D eigenvalue weighted by Crippen LogP contribution is -2.31. The fourth-order valence-electron chi connectivity index (χ4n) is 1.73. The van der Waals surface area contributed by atoms with Gasteiger partial charge in [-0.2, -0.15) is 0 Å². The van der Waals surface area contributed by atoms with Crippen molar-refractivity contribution in [3.05, 3.63) is 54.6 Å². The number of ether oxygens (including phenoxy) is 2. The fraction of sp³-hybridized carbons (Fsp3) is 0.188. The van der Waals surface area contributed by atoms with Crippen LogP contribution in [0.5, 0.6) is 11.5 Å². The van der Waals surface area contributed by atoms with Crippen LogP contribution in [-0.4, -0.2) is 25.4 Å². The van der Waals surface area contributed by atoms with E-state index in [1.807, 2.05) is 54.6 Å². The Morgan fingerprint density at radius 2 is 1.81 bits per heavy atom. The zero-order chi connectivity index (χ0) is 14.9. The van der Waals surface area contributed by atoms with Gasteiger partial charge < -0.3 is 20.1 Å². The standard InChI is InChI=1S/C16H18N2O2S/c1-19-15-9-5-6-13(12-15)18-16(21)17-10-11-20-14-7-3-2-4-8-14/h2-9,12H,10-11H2,1H3,(H2,17,18,21). The molecule has 0 spiro atoms. The van der Waals surface area contributed by atoms with E-state index in [0.29, 0.717) is 18.3 Å². The van der Waals surface area contributed by atoms with Gasteiger partial charge in [-0.15, -0.1) is 0 Å². The third-order valence-electron chi connectivity index (χ3n) is 2.73. The van der Waals surface area contributed by atoms with E-state index < -0.39 is 0 Å². The van der Waals surface area contributed by atoms with Crippen molar-refractivity contribution >= 4 is 23.0 Å². The van der Waals surface area contributed by atoms with E-state index >= 15 is 0 Å². The van der Waals surface area contributed by atoms with Crippen molar-refractivity contribution < 1.29 is 9.47 Å². The van der Waals surface area contributed by atoms with Crippen molar-refractivity contribution in [2.75, 3.05) is 25.6 Å². The van der Waals surface area contributed by atoms with Crippen LogP contribution >= 0.6 is 12.2 Å². The molecule has 2 aromatic carbocycles. The number of thiocarbonyl (C=S) groups is 1. The number of methoxy groups -OCH3 is 1. The summed E-state index contributed by atoms with van der Waals surface area (Å²) in [6.45, 7) is 1.18. The van der Waals surface area contributed by atoms with Crippen molar-refractivity contribution in [3.8, 4) is 11.5 Å². The number of benzene rings is 2. The van der Waals surface area contributed by atoms with Crippen molar-refractivity contribution in [2.24, 2.45) is 0 Å². The summed E-state index contributed by atoms with van der Waals surface area (Å²) in [4.78, 5) is 0. The molecule has 2 rings (SSSR count). The highest BCUT2D eigenvalue weighted by atomic mass is 32.1. The molecule has 0 atom stereocenters. The Labute approximate surface area is 130 Å². The molecule has 0 saturated heterocycles.